The van der Waals surface area contributed by atoms with Crippen LogP contribution in [0.25, 0.3) is 0 Å². The number of hydrogen-bond acceptors (Lipinski definition) is 5. The van der Waals surface area contributed by atoms with Crippen LogP contribution in [-0.4, -0.2) is 27.0 Å². The van der Waals surface area contributed by atoms with Gasteiger partial charge in [-0.2, -0.15) is 0 Å². The van der Waals surface area contributed by atoms with Gasteiger partial charge in [-0.25, -0.2) is 4.98 Å². The van der Waals surface area contributed by atoms with E-state index in [0.717, 1.165) is 36.9 Å². The zero-order valence-electron chi connectivity index (χ0n) is 14.4. The van der Waals surface area contributed by atoms with Crippen LogP contribution in [0, 0.1) is 0 Å². The maximum atomic E-state index is 12.5. The number of nitrogens with two attached hydrogens (primary N) is 1. The summed E-state index contributed by atoms with van der Waals surface area (Å²) in [6, 6.07) is 6.56. The number of fused-ring (bicyclic) bond motifs is 1. The Kier molecular flexibility index (Phi) is 5.41. The number of aromatic nitrogens is 2. The lowest BCUT2D eigenvalue weighted by Gasteiger charge is -2.16. The molecule has 1 aromatic carbocycles. The van der Waals surface area contributed by atoms with E-state index in [9.17, 15) is 14.4 Å². The number of aryl methyl sites for hydroxylation is 1. The number of amides is 2. The first kappa shape index (κ1) is 18.2. The highest BCUT2D eigenvalue weighted by Gasteiger charge is 2.21. The lowest BCUT2D eigenvalue weighted by atomic mass is 9.97. The average molecular weight is 372 g/mol. The van der Waals surface area contributed by atoms with Crippen molar-refractivity contribution < 1.29 is 9.59 Å². The van der Waals surface area contributed by atoms with E-state index in [2.05, 4.69) is 15.3 Å². The largest absolute Gasteiger partial charge is 0.366 e. The number of nitrogens with zero attached hydrogens (tertiary/aromatic N) is 1. The maximum Gasteiger partial charge on any atom is 0.254 e. The summed E-state index contributed by atoms with van der Waals surface area (Å²) < 4.78 is 0. The highest BCUT2D eigenvalue weighted by molar-refractivity contribution is 8.00. The lowest BCUT2D eigenvalue weighted by Crippen LogP contribution is -2.26. The molecule has 4 N–H and O–H groups in total. The molecule has 1 aromatic heterocycles. The molecule has 0 radical (unpaired) electrons. The van der Waals surface area contributed by atoms with Crippen molar-refractivity contribution in [3.8, 4) is 0 Å². The van der Waals surface area contributed by atoms with E-state index in [0.29, 0.717) is 10.8 Å². The standard InChI is InChI=1S/C18H20N4O3S/c1-10(16(24)20-13-8-4-2-6-11(13)15(19)23)26-18-21-14-9-5-3-7-12(14)17(25)22-18/h2,4,6,8,10H,3,5,7,9H2,1H3,(H2,19,23)(H,20,24)(H,21,22,25)/t10-/m0/s1. The van der Waals surface area contributed by atoms with E-state index in [4.69, 9.17) is 5.73 Å². The summed E-state index contributed by atoms with van der Waals surface area (Å²) in [5.74, 6) is -0.911. The smallest absolute Gasteiger partial charge is 0.254 e. The number of primary amides is 1. The fourth-order valence-electron chi connectivity index (χ4n) is 2.90. The molecule has 8 heteroatoms. The summed E-state index contributed by atoms with van der Waals surface area (Å²) >= 11 is 1.18. The molecule has 2 amide bonds. The number of para-hydroxylation sites is 1. The van der Waals surface area contributed by atoms with E-state index in [1.165, 1.54) is 11.8 Å². The molecule has 0 unspecified atom stereocenters. The molecule has 0 spiro atoms. The quantitative estimate of drug-likeness (QED) is 0.547. The molecule has 1 atom stereocenters. The van der Waals surface area contributed by atoms with Crippen molar-refractivity contribution in [2.24, 2.45) is 5.73 Å². The minimum absolute atomic E-state index is 0.121. The molecular formula is C18H20N4O3S. The van der Waals surface area contributed by atoms with Gasteiger partial charge in [0.15, 0.2) is 5.16 Å². The number of benzene rings is 1. The van der Waals surface area contributed by atoms with Gasteiger partial charge in [0.05, 0.1) is 22.2 Å². The zero-order chi connectivity index (χ0) is 18.7. The normalized spacial score (nSPS) is 14.3. The molecule has 3 rings (SSSR count). The van der Waals surface area contributed by atoms with Gasteiger partial charge in [-0.05, 0) is 44.7 Å². The topological polar surface area (TPSA) is 118 Å². The Bertz CT molecular complexity index is 910. The van der Waals surface area contributed by atoms with Gasteiger partial charge in [-0.3, -0.25) is 14.4 Å². The Morgan fingerprint density at radius 2 is 2.00 bits per heavy atom. The fourth-order valence-corrected chi connectivity index (χ4v) is 3.71. The zero-order valence-corrected chi connectivity index (χ0v) is 15.2. The number of carbonyl (C=O) groups is 2. The summed E-state index contributed by atoms with van der Waals surface area (Å²) in [4.78, 5) is 43.4. The van der Waals surface area contributed by atoms with Crippen LogP contribution in [0.5, 0.6) is 0 Å². The van der Waals surface area contributed by atoms with E-state index in [1.807, 2.05) is 0 Å². The SMILES string of the molecule is C[C@H](Sc1nc2c(c(=O)[nH]1)CCCC2)C(=O)Nc1ccccc1C(N)=O. The number of carbonyl (C=O) groups excluding carboxylic acids is 2. The molecule has 0 bridgehead atoms. The third-order valence-electron chi connectivity index (χ3n) is 4.28. The second kappa shape index (κ2) is 7.74. The minimum atomic E-state index is -0.609. The number of nitrogens with one attached hydrogen (secondary N) is 2. The Morgan fingerprint density at radius 1 is 1.27 bits per heavy atom. The second-order valence-electron chi connectivity index (χ2n) is 6.16. The van der Waals surface area contributed by atoms with Gasteiger partial charge in [0.2, 0.25) is 5.91 Å². The van der Waals surface area contributed by atoms with Crippen LogP contribution in [0.3, 0.4) is 0 Å². The van der Waals surface area contributed by atoms with Gasteiger partial charge in [-0.1, -0.05) is 23.9 Å². The monoisotopic (exact) mass is 372 g/mol. The number of thioether (sulfide) groups is 1. The van der Waals surface area contributed by atoms with Crippen LogP contribution in [0.15, 0.2) is 34.2 Å². The van der Waals surface area contributed by atoms with Gasteiger partial charge in [0.1, 0.15) is 0 Å². The van der Waals surface area contributed by atoms with Crippen molar-refractivity contribution >= 4 is 29.3 Å². The van der Waals surface area contributed by atoms with Crippen molar-refractivity contribution in [3.63, 3.8) is 0 Å². The Hall–Kier alpha value is -2.61. The van der Waals surface area contributed by atoms with Crippen LogP contribution in [0.4, 0.5) is 5.69 Å². The Morgan fingerprint density at radius 3 is 2.77 bits per heavy atom. The third-order valence-corrected chi connectivity index (χ3v) is 5.26. The Labute approximate surface area is 154 Å². The van der Waals surface area contributed by atoms with Crippen LogP contribution in [-0.2, 0) is 17.6 Å². The summed E-state index contributed by atoms with van der Waals surface area (Å²) in [6.07, 6.45) is 3.57. The highest BCUT2D eigenvalue weighted by Crippen LogP contribution is 2.24. The number of anilines is 1. The van der Waals surface area contributed by atoms with E-state index in [1.54, 1.807) is 31.2 Å². The molecular weight excluding hydrogens is 352 g/mol. The van der Waals surface area contributed by atoms with Crippen LogP contribution >= 0.6 is 11.8 Å². The molecule has 7 nitrogen and oxygen atoms in total. The summed E-state index contributed by atoms with van der Waals surface area (Å²) in [7, 11) is 0. The molecule has 2 aromatic rings. The molecule has 1 heterocycles. The molecule has 136 valence electrons. The first-order valence-electron chi connectivity index (χ1n) is 8.44. The van der Waals surface area contributed by atoms with Crippen molar-refractivity contribution in [1.29, 1.82) is 0 Å². The molecule has 0 fully saturated rings. The number of rotatable bonds is 5. The highest BCUT2D eigenvalue weighted by atomic mass is 32.2. The molecule has 1 aliphatic carbocycles. The van der Waals surface area contributed by atoms with Crippen LogP contribution in [0.1, 0.15) is 41.4 Å². The molecule has 0 saturated heterocycles. The number of H-pyrrole nitrogens is 1. The van der Waals surface area contributed by atoms with Crippen molar-refractivity contribution in [1.82, 2.24) is 9.97 Å². The second-order valence-corrected chi connectivity index (χ2v) is 7.49. The van der Waals surface area contributed by atoms with Crippen LogP contribution < -0.4 is 16.6 Å². The summed E-state index contributed by atoms with van der Waals surface area (Å²) in [5.41, 5.74) is 7.40. The third kappa shape index (κ3) is 3.96. The first-order chi connectivity index (χ1) is 12.5. The van der Waals surface area contributed by atoms with E-state index in [-0.39, 0.29) is 17.0 Å². The predicted octanol–water partition coefficient (Wildman–Crippen LogP) is 1.87. The fraction of sp³-hybridized carbons (Fsp3) is 0.333. The maximum absolute atomic E-state index is 12.5. The minimum Gasteiger partial charge on any atom is -0.366 e. The van der Waals surface area contributed by atoms with Crippen LogP contribution in [0.2, 0.25) is 0 Å². The number of aromatic amines is 1. The van der Waals surface area contributed by atoms with Crippen molar-refractivity contribution in [3.05, 3.63) is 51.4 Å². The molecule has 0 saturated carbocycles. The van der Waals surface area contributed by atoms with Crippen molar-refractivity contribution in [2.75, 3.05) is 5.32 Å². The molecule has 1 aliphatic rings. The summed E-state index contributed by atoms with van der Waals surface area (Å²) in [6.45, 7) is 1.71. The average Bonchev–Trinajstić information content (AvgIpc) is 2.62. The van der Waals surface area contributed by atoms with Gasteiger partial charge in [0.25, 0.3) is 11.5 Å². The van der Waals surface area contributed by atoms with Gasteiger partial charge in [-0.15, -0.1) is 0 Å². The van der Waals surface area contributed by atoms with Gasteiger partial charge in [0, 0.05) is 5.56 Å². The summed E-state index contributed by atoms with van der Waals surface area (Å²) in [5, 5.41) is 2.63. The molecule has 26 heavy (non-hydrogen) atoms. The first-order valence-corrected chi connectivity index (χ1v) is 9.32. The van der Waals surface area contributed by atoms with Gasteiger partial charge >= 0.3 is 0 Å². The number of hydrogen-bond donors (Lipinski definition) is 3. The lowest BCUT2D eigenvalue weighted by molar-refractivity contribution is -0.115. The van der Waals surface area contributed by atoms with E-state index >= 15 is 0 Å². The van der Waals surface area contributed by atoms with E-state index < -0.39 is 11.2 Å². The molecule has 0 aliphatic heterocycles. The van der Waals surface area contributed by atoms with Crippen molar-refractivity contribution in [2.45, 2.75) is 43.0 Å². The Balaban J connectivity index is 1.73. The van der Waals surface area contributed by atoms with Gasteiger partial charge < -0.3 is 16.0 Å². The predicted molar refractivity (Wildman–Crippen MR) is 100 cm³/mol.